The molecule has 0 saturated carbocycles. The highest BCUT2D eigenvalue weighted by Gasteiger charge is 2.34. The van der Waals surface area contributed by atoms with E-state index in [2.05, 4.69) is 32.1 Å². The Hall–Kier alpha value is -2.79. The molecule has 5 heterocycles. The summed E-state index contributed by atoms with van der Waals surface area (Å²) in [4.78, 5) is 12.5. The van der Waals surface area contributed by atoms with Gasteiger partial charge in [0.15, 0.2) is 5.65 Å². The Morgan fingerprint density at radius 3 is 2.69 bits per heavy atom. The molecule has 1 fully saturated rings. The zero-order valence-corrected chi connectivity index (χ0v) is 20.8. The maximum atomic E-state index is 13.7. The van der Waals surface area contributed by atoms with Crippen LogP contribution in [0.25, 0.3) is 27.6 Å². The van der Waals surface area contributed by atoms with Gasteiger partial charge in [0, 0.05) is 22.2 Å². The second-order valence-electron chi connectivity index (χ2n) is 9.24. The number of rotatable bonds is 6. The molecule has 7 nitrogen and oxygen atoms in total. The first-order valence-corrected chi connectivity index (χ1v) is 12.7. The van der Waals surface area contributed by atoms with Crippen LogP contribution in [-0.2, 0) is 6.42 Å². The average Bonchev–Trinajstić information content (AvgIpc) is 3.52. The largest absolute Gasteiger partial charge is 0.393 e. The van der Waals surface area contributed by atoms with E-state index in [0.29, 0.717) is 27.8 Å². The van der Waals surface area contributed by atoms with Gasteiger partial charge in [0.1, 0.15) is 11.3 Å². The molecule has 1 saturated heterocycles. The van der Waals surface area contributed by atoms with Crippen molar-refractivity contribution in [2.24, 2.45) is 0 Å². The van der Waals surface area contributed by atoms with E-state index in [1.54, 1.807) is 16.8 Å². The standard InChI is InChI=1S/C24H28F3N7S/c1-4-7-33-8-5-16(6-9-33)21-15(3)30-23(35-21)20-18(11-24(25,26)27)19(31-32-20)17-10-14(2)22-28-13-29-34(22)12-17/h10,12-13,16H,4-9,11H2,1-3H3,(H,31,32). The minimum Gasteiger partial charge on any atom is -0.303 e. The van der Waals surface area contributed by atoms with Gasteiger partial charge < -0.3 is 4.90 Å². The van der Waals surface area contributed by atoms with E-state index in [4.69, 9.17) is 4.98 Å². The van der Waals surface area contributed by atoms with Crippen molar-refractivity contribution in [3.63, 3.8) is 0 Å². The fourth-order valence-electron chi connectivity index (χ4n) is 5.01. The number of pyridine rings is 1. The van der Waals surface area contributed by atoms with Crippen LogP contribution in [-0.4, -0.2) is 60.5 Å². The SMILES string of the molecule is CCCN1CCC(c2sc(-c3[nH]nc(-c4cc(C)c5ncnn5c4)c3CC(F)(F)F)nc2C)CC1. The second kappa shape index (κ2) is 9.34. The first-order valence-electron chi connectivity index (χ1n) is 11.9. The van der Waals surface area contributed by atoms with E-state index < -0.39 is 12.6 Å². The van der Waals surface area contributed by atoms with Crippen molar-refractivity contribution in [2.75, 3.05) is 19.6 Å². The van der Waals surface area contributed by atoms with Crippen molar-refractivity contribution in [2.45, 2.75) is 58.5 Å². The molecule has 186 valence electrons. The van der Waals surface area contributed by atoms with Gasteiger partial charge in [-0.1, -0.05) is 6.92 Å². The van der Waals surface area contributed by atoms with Crippen LogP contribution in [0.4, 0.5) is 13.2 Å². The van der Waals surface area contributed by atoms with Crippen LogP contribution in [0.15, 0.2) is 18.6 Å². The van der Waals surface area contributed by atoms with Crippen LogP contribution in [0.3, 0.4) is 0 Å². The number of hydrogen-bond donors (Lipinski definition) is 1. The number of nitrogens with one attached hydrogen (secondary N) is 1. The highest BCUT2D eigenvalue weighted by molar-refractivity contribution is 7.15. The number of piperidine rings is 1. The van der Waals surface area contributed by atoms with Crippen molar-refractivity contribution in [1.29, 1.82) is 0 Å². The number of H-pyrrole nitrogens is 1. The predicted molar refractivity (Wildman–Crippen MR) is 130 cm³/mol. The molecule has 1 aliphatic heterocycles. The Balaban J connectivity index is 1.52. The zero-order valence-electron chi connectivity index (χ0n) is 20.0. The van der Waals surface area contributed by atoms with E-state index in [0.717, 1.165) is 50.2 Å². The Morgan fingerprint density at radius 2 is 1.97 bits per heavy atom. The molecule has 4 aromatic heterocycles. The summed E-state index contributed by atoms with van der Waals surface area (Å²) in [6.07, 6.45) is 0.838. The quantitative estimate of drug-likeness (QED) is 0.373. The van der Waals surface area contributed by atoms with E-state index in [9.17, 15) is 13.2 Å². The molecule has 0 aliphatic carbocycles. The maximum absolute atomic E-state index is 13.7. The number of aryl methyl sites for hydroxylation is 2. The smallest absolute Gasteiger partial charge is 0.303 e. The van der Waals surface area contributed by atoms with Gasteiger partial charge in [0.05, 0.1) is 23.5 Å². The second-order valence-corrected chi connectivity index (χ2v) is 10.3. The molecule has 35 heavy (non-hydrogen) atoms. The summed E-state index contributed by atoms with van der Waals surface area (Å²) in [6.45, 7) is 9.19. The molecule has 0 radical (unpaired) electrons. The van der Waals surface area contributed by atoms with Crippen molar-refractivity contribution >= 4 is 17.0 Å². The molecule has 0 atom stereocenters. The maximum Gasteiger partial charge on any atom is 0.393 e. The molecule has 1 aliphatic rings. The van der Waals surface area contributed by atoms with Gasteiger partial charge in [-0.2, -0.15) is 23.4 Å². The van der Waals surface area contributed by atoms with Gasteiger partial charge in [0.25, 0.3) is 0 Å². The van der Waals surface area contributed by atoms with Crippen LogP contribution in [0.1, 0.15) is 53.8 Å². The number of aromatic nitrogens is 6. The van der Waals surface area contributed by atoms with Gasteiger partial charge in [-0.25, -0.2) is 14.5 Å². The molecular formula is C24H28F3N7S. The normalized spacial score (nSPS) is 15.9. The Labute approximate surface area is 205 Å². The number of halogens is 3. The lowest BCUT2D eigenvalue weighted by atomic mass is 9.94. The summed E-state index contributed by atoms with van der Waals surface area (Å²) >= 11 is 1.49. The van der Waals surface area contributed by atoms with Gasteiger partial charge >= 0.3 is 6.18 Å². The van der Waals surface area contributed by atoms with Gasteiger partial charge in [-0.3, -0.25) is 5.10 Å². The predicted octanol–water partition coefficient (Wildman–Crippen LogP) is 5.55. The lowest BCUT2D eigenvalue weighted by molar-refractivity contribution is -0.127. The monoisotopic (exact) mass is 503 g/mol. The zero-order chi connectivity index (χ0) is 24.7. The molecule has 0 aromatic carbocycles. The Morgan fingerprint density at radius 1 is 1.20 bits per heavy atom. The van der Waals surface area contributed by atoms with Crippen LogP contribution in [0.2, 0.25) is 0 Å². The molecule has 0 unspecified atom stereocenters. The topological polar surface area (TPSA) is 75.0 Å². The van der Waals surface area contributed by atoms with Crippen LogP contribution in [0, 0.1) is 13.8 Å². The van der Waals surface area contributed by atoms with Crippen molar-refractivity contribution < 1.29 is 13.2 Å². The molecule has 1 N–H and O–H groups in total. The first kappa shape index (κ1) is 23.9. The highest BCUT2D eigenvalue weighted by atomic mass is 32.1. The molecule has 0 amide bonds. The average molecular weight is 504 g/mol. The van der Waals surface area contributed by atoms with Crippen LogP contribution in [0.5, 0.6) is 0 Å². The van der Waals surface area contributed by atoms with Crippen molar-refractivity contribution in [3.05, 3.63) is 40.3 Å². The van der Waals surface area contributed by atoms with Crippen LogP contribution < -0.4 is 0 Å². The van der Waals surface area contributed by atoms with Crippen molar-refractivity contribution in [1.82, 2.24) is 34.7 Å². The summed E-state index contributed by atoms with van der Waals surface area (Å²) in [5.41, 5.74) is 3.63. The van der Waals surface area contributed by atoms with E-state index in [-0.39, 0.29) is 11.3 Å². The number of likely N-dealkylation sites (tertiary alicyclic amines) is 1. The number of alkyl halides is 3. The third-order valence-corrected chi connectivity index (χ3v) is 7.96. The summed E-state index contributed by atoms with van der Waals surface area (Å²) in [5, 5.41) is 11.9. The summed E-state index contributed by atoms with van der Waals surface area (Å²) < 4.78 is 42.6. The lowest BCUT2D eigenvalue weighted by Gasteiger charge is -2.31. The molecule has 5 rings (SSSR count). The summed E-state index contributed by atoms with van der Waals surface area (Å²) in [7, 11) is 0. The minimum atomic E-state index is -4.39. The highest BCUT2D eigenvalue weighted by Crippen LogP contribution is 2.41. The fourth-order valence-corrected chi connectivity index (χ4v) is 6.26. The van der Waals surface area contributed by atoms with Gasteiger partial charge in [-0.05, 0) is 70.3 Å². The van der Waals surface area contributed by atoms with Gasteiger partial charge in [0.2, 0.25) is 0 Å². The van der Waals surface area contributed by atoms with E-state index in [1.165, 1.54) is 22.5 Å². The third-order valence-electron chi connectivity index (χ3n) is 6.62. The molecule has 0 spiro atoms. The number of fused-ring (bicyclic) bond motifs is 1. The minimum absolute atomic E-state index is 0.106. The van der Waals surface area contributed by atoms with Gasteiger partial charge in [-0.15, -0.1) is 11.3 Å². The Bertz CT molecular complexity index is 1330. The number of hydrogen-bond acceptors (Lipinski definition) is 6. The Kier molecular flexibility index (Phi) is 6.39. The molecule has 11 heteroatoms. The van der Waals surface area contributed by atoms with E-state index >= 15 is 0 Å². The molecule has 0 bridgehead atoms. The number of aromatic amines is 1. The lowest BCUT2D eigenvalue weighted by Crippen LogP contribution is -2.33. The third kappa shape index (κ3) is 4.84. The molecule has 4 aromatic rings. The number of thiazole rings is 1. The first-order chi connectivity index (χ1) is 16.7. The number of nitrogens with zero attached hydrogens (tertiary/aromatic N) is 6. The summed E-state index contributed by atoms with van der Waals surface area (Å²) in [5.74, 6) is 0.389. The van der Waals surface area contributed by atoms with Crippen molar-refractivity contribution in [3.8, 4) is 22.0 Å². The van der Waals surface area contributed by atoms with Crippen LogP contribution >= 0.6 is 11.3 Å². The molecular weight excluding hydrogens is 475 g/mol. The van der Waals surface area contributed by atoms with E-state index in [1.807, 2.05) is 13.8 Å². The fraction of sp³-hybridized carbons (Fsp3) is 0.500. The summed E-state index contributed by atoms with van der Waals surface area (Å²) in [6, 6.07) is 1.80.